The van der Waals surface area contributed by atoms with Crippen LogP contribution in [0.15, 0.2) is 47.5 Å². The second-order valence-corrected chi connectivity index (χ2v) is 5.93. The number of nitrogens with two attached hydrogens (primary N) is 1. The summed E-state index contributed by atoms with van der Waals surface area (Å²) >= 11 is 0. The zero-order valence-electron chi connectivity index (χ0n) is 10.5. The van der Waals surface area contributed by atoms with Gasteiger partial charge in [-0.3, -0.25) is 4.98 Å². The number of anilines is 1. The van der Waals surface area contributed by atoms with Gasteiger partial charge in [0.15, 0.2) is 0 Å². The Bertz CT molecular complexity index is 667. The van der Waals surface area contributed by atoms with Gasteiger partial charge in [0.2, 0.25) is 10.0 Å². The van der Waals surface area contributed by atoms with E-state index >= 15 is 0 Å². The topological polar surface area (TPSA) is 85.1 Å². The van der Waals surface area contributed by atoms with E-state index in [9.17, 15) is 8.42 Å². The Morgan fingerprint density at radius 1 is 1.21 bits per heavy atom. The molecule has 0 aliphatic heterocycles. The van der Waals surface area contributed by atoms with Gasteiger partial charge in [-0.2, -0.15) is 0 Å². The van der Waals surface area contributed by atoms with Crippen molar-refractivity contribution in [3.8, 4) is 0 Å². The summed E-state index contributed by atoms with van der Waals surface area (Å²) in [5, 5.41) is 0. The first-order chi connectivity index (χ1) is 8.99. The maximum Gasteiger partial charge on any atom is 0.240 e. The number of nitrogens with zero attached hydrogens (tertiary/aromatic N) is 1. The highest BCUT2D eigenvalue weighted by atomic mass is 32.2. The molecule has 100 valence electrons. The molecule has 0 amide bonds. The van der Waals surface area contributed by atoms with E-state index < -0.39 is 10.0 Å². The molecular formula is C13H15N3O2S. The van der Waals surface area contributed by atoms with Crippen molar-refractivity contribution >= 4 is 15.7 Å². The van der Waals surface area contributed by atoms with E-state index in [-0.39, 0.29) is 11.4 Å². The number of rotatable bonds is 4. The number of sulfonamides is 1. The van der Waals surface area contributed by atoms with E-state index in [1.807, 2.05) is 19.1 Å². The Morgan fingerprint density at radius 2 is 1.89 bits per heavy atom. The van der Waals surface area contributed by atoms with E-state index in [1.54, 1.807) is 18.3 Å². The molecule has 0 saturated carbocycles. The number of hydrogen-bond acceptors (Lipinski definition) is 4. The average molecular weight is 277 g/mol. The largest absolute Gasteiger partial charge is 0.399 e. The lowest BCUT2D eigenvalue weighted by molar-refractivity contribution is 0.580. The van der Waals surface area contributed by atoms with Gasteiger partial charge >= 0.3 is 0 Å². The van der Waals surface area contributed by atoms with Crippen molar-refractivity contribution in [2.45, 2.75) is 18.4 Å². The van der Waals surface area contributed by atoms with E-state index in [1.165, 1.54) is 12.1 Å². The van der Waals surface area contributed by atoms with Crippen LogP contribution in [0, 0.1) is 6.92 Å². The van der Waals surface area contributed by atoms with Crippen LogP contribution in [0.25, 0.3) is 0 Å². The van der Waals surface area contributed by atoms with Gasteiger partial charge in [0.1, 0.15) is 0 Å². The van der Waals surface area contributed by atoms with Crippen LogP contribution in [0.2, 0.25) is 0 Å². The van der Waals surface area contributed by atoms with Gasteiger partial charge in [0.25, 0.3) is 0 Å². The minimum absolute atomic E-state index is 0.166. The summed E-state index contributed by atoms with van der Waals surface area (Å²) in [7, 11) is -3.54. The quantitative estimate of drug-likeness (QED) is 0.828. The molecule has 5 nitrogen and oxygen atoms in total. The normalized spacial score (nSPS) is 11.4. The van der Waals surface area contributed by atoms with Gasteiger partial charge in [-0.15, -0.1) is 0 Å². The standard InChI is InChI=1S/C13H15N3O2S/c1-10-3-2-8-15-13(10)9-16-19(17,18)12-6-4-11(14)5-7-12/h2-8,16H,9,14H2,1H3. The number of nitrogens with one attached hydrogen (secondary N) is 1. The van der Waals surface area contributed by atoms with Gasteiger partial charge in [-0.1, -0.05) is 6.07 Å². The third-order valence-electron chi connectivity index (χ3n) is 2.74. The van der Waals surface area contributed by atoms with E-state index in [0.29, 0.717) is 11.4 Å². The van der Waals surface area contributed by atoms with Gasteiger partial charge in [-0.25, -0.2) is 13.1 Å². The Kier molecular flexibility index (Phi) is 3.82. The lowest BCUT2D eigenvalue weighted by Gasteiger charge is -2.08. The average Bonchev–Trinajstić information content (AvgIpc) is 2.38. The Labute approximate surface area is 112 Å². The molecule has 2 aromatic rings. The molecule has 1 heterocycles. The summed E-state index contributed by atoms with van der Waals surface area (Å²) in [6, 6.07) is 9.76. The van der Waals surface area contributed by atoms with Crippen LogP contribution < -0.4 is 10.5 Å². The minimum Gasteiger partial charge on any atom is -0.399 e. The molecule has 3 N–H and O–H groups in total. The Balaban J connectivity index is 2.14. The van der Waals surface area contributed by atoms with Crippen molar-refractivity contribution in [2.24, 2.45) is 0 Å². The zero-order chi connectivity index (χ0) is 13.9. The molecule has 0 unspecified atom stereocenters. The summed E-state index contributed by atoms with van der Waals surface area (Å²) in [6.45, 7) is 2.05. The monoisotopic (exact) mass is 277 g/mol. The number of pyridine rings is 1. The smallest absolute Gasteiger partial charge is 0.240 e. The van der Waals surface area contributed by atoms with E-state index in [2.05, 4.69) is 9.71 Å². The highest BCUT2D eigenvalue weighted by molar-refractivity contribution is 7.89. The summed E-state index contributed by atoms with van der Waals surface area (Å²) < 4.78 is 26.6. The molecule has 2 rings (SSSR count). The van der Waals surface area contributed by atoms with Gasteiger partial charge in [0.05, 0.1) is 17.1 Å². The fourth-order valence-corrected chi connectivity index (χ4v) is 2.58. The summed E-state index contributed by atoms with van der Waals surface area (Å²) in [4.78, 5) is 4.33. The molecule has 0 aliphatic rings. The molecule has 0 fully saturated rings. The lowest BCUT2D eigenvalue weighted by atomic mass is 10.2. The third-order valence-corrected chi connectivity index (χ3v) is 4.16. The Morgan fingerprint density at radius 3 is 2.53 bits per heavy atom. The number of benzene rings is 1. The predicted molar refractivity (Wildman–Crippen MR) is 73.9 cm³/mol. The van der Waals surface area contributed by atoms with Crippen molar-refractivity contribution < 1.29 is 8.42 Å². The first-order valence-corrected chi connectivity index (χ1v) is 7.23. The molecule has 1 aromatic carbocycles. The second kappa shape index (κ2) is 5.38. The Hall–Kier alpha value is -1.92. The molecule has 0 radical (unpaired) electrons. The fourth-order valence-electron chi connectivity index (χ4n) is 1.60. The van der Waals surface area contributed by atoms with Crippen LogP contribution >= 0.6 is 0 Å². The zero-order valence-corrected chi connectivity index (χ0v) is 11.3. The summed E-state index contributed by atoms with van der Waals surface area (Å²) in [5.41, 5.74) is 7.71. The highest BCUT2D eigenvalue weighted by Gasteiger charge is 2.13. The summed E-state index contributed by atoms with van der Waals surface area (Å²) in [5.74, 6) is 0. The van der Waals surface area contributed by atoms with Crippen LogP contribution in [0.5, 0.6) is 0 Å². The van der Waals surface area contributed by atoms with E-state index in [4.69, 9.17) is 5.73 Å². The number of nitrogen functional groups attached to an aromatic ring is 1. The molecule has 19 heavy (non-hydrogen) atoms. The molecular weight excluding hydrogens is 262 g/mol. The van der Waals surface area contributed by atoms with Crippen LogP contribution in [0.4, 0.5) is 5.69 Å². The molecule has 0 aliphatic carbocycles. The highest BCUT2D eigenvalue weighted by Crippen LogP contribution is 2.12. The third kappa shape index (κ3) is 3.30. The van der Waals surface area contributed by atoms with E-state index in [0.717, 1.165) is 5.56 Å². The maximum atomic E-state index is 12.0. The molecule has 0 spiro atoms. The summed E-state index contributed by atoms with van der Waals surface area (Å²) in [6.07, 6.45) is 1.64. The van der Waals surface area contributed by atoms with Crippen molar-refractivity contribution in [3.05, 3.63) is 53.9 Å². The first kappa shape index (κ1) is 13.5. The van der Waals surface area contributed by atoms with Gasteiger partial charge in [-0.05, 0) is 42.8 Å². The van der Waals surface area contributed by atoms with Crippen LogP contribution in [0.1, 0.15) is 11.3 Å². The predicted octanol–water partition coefficient (Wildman–Crippen LogP) is 1.45. The molecule has 0 atom stereocenters. The molecule has 0 bridgehead atoms. The van der Waals surface area contributed by atoms with Crippen LogP contribution in [0.3, 0.4) is 0 Å². The molecule has 0 saturated heterocycles. The second-order valence-electron chi connectivity index (χ2n) is 4.16. The van der Waals surface area contributed by atoms with Crippen molar-refractivity contribution in [3.63, 3.8) is 0 Å². The van der Waals surface area contributed by atoms with Crippen LogP contribution in [-0.4, -0.2) is 13.4 Å². The number of hydrogen-bond donors (Lipinski definition) is 2. The molecule has 6 heteroatoms. The van der Waals surface area contributed by atoms with Crippen molar-refractivity contribution in [1.29, 1.82) is 0 Å². The SMILES string of the molecule is Cc1cccnc1CNS(=O)(=O)c1ccc(N)cc1. The van der Waals surface area contributed by atoms with Gasteiger partial charge < -0.3 is 5.73 Å². The fraction of sp³-hybridized carbons (Fsp3) is 0.154. The van der Waals surface area contributed by atoms with Gasteiger partial charge in [0, 0.05) is 11.9 Å². The number of aromatic nitrogens is 1. The van der Waals surface area contributed by atoms with Crippen molar-refractivity contribution in [1.82, 2.24) is 9.71 Å². The minimum atomic E-state index is -3.54. The lowest BCUT2D eigenvalue weighted by Crippen LogP contribution is -2.24. The maximum absolute atomic E-state index is 12.0. The molecule has 1 aromatic heterocycles. The number of aryl methyl sites for hydroxylation is 1. The first-order valence-electron chi connectivity index (χ1n) is 5.75. The van der Waals surface area contributed by atoms with Crippen molar-refractivity contribution in [2.75, 3.05) is 5.73 Å². The van der Waals surface area contributed by atoms with Crippen LogP contribution in [-0.2, 0) is 16.6 Å².